The van der Waals surface area contributed by atoms with Crippen molar-refractivity contribution in [1.82, 2.24) is 5.32 Å². The highest BCUT2D eigenvalue weighted by molar-refractivity contribution is 9.10. The van der Waals surface area contributed by atoms with Crippen LogP contribution in [0.25, 0.3) is 0 Å². The molecule has 0 aromatic heterocycles. The van der Waals surface area contributed by atoms with Crippen LogP contribution in [0.1, 0.15) is 44.6 Å². The molecule has 0 spiro atoms. The zero-order valence-electron chi connectivity index (χ0n) is 11.5. The lowest BCUT2D eigenvalue weighted by atomic mass is 9.73. The number of benzene rings is 1. The molecule has 3 unspecified atom stereocenters. The van der Waals surface area contributed by atoms with Gasteiger partial charge in [-0.15, -0.1) is 0 Å². The molecule has 1 aromatic rings. The van der Waals surface area contributed by atoms with Gasteiger partial charge in [0.05, 0.1) is 0 Å². The zero-order chi connectivity index (χ0) is 13.0. The molecule has 1 aliphatic rings. The summed E-state index contributed by atoms with van der Waals surface area (Å²) in [5.41, 5.74) is 1.50. The Morgan fingerprint density at radius 2 is 2.06 bits per heavy atom. The minimum Gasteiger partial charge on any atom is -0.316 e. The van der Waals surface area contributed by atoms with Crippen molar-refractivity contribution in [3.63, 3.8) is 0 Å². The van der Waals surface area contributed by atoms with Gasteiger partial charge >= 0.3 is 0 Å². The van der Waals surface area contributed by atoms with Crippen molar-refractivity contribution in [3.8, 4) is 0 Å². The third-order valence-corrected chi connectivity index (χ3v) is 4.84. The lowest BCUT2D eigenvalue weighted by Crippen LogP contribution is -2.37. The number of piperidine rings is 1. The maximum Gasteiger partial charge on any atom is 0.0175 e. The summed E-state index contributed by atoms with van der Waals surface area (Å²) >= 11 is 3.52. The second-order valence-corrected chi connectivity index (χ2v) is 6.50. The van der Waals surface area contributed by atoms with Crippen LogP contribution >= 0.6 is 15.9 Å². The van der Waals surface area contributed by atoms with Gasteiger partial charge in [0.2, 0.25) is 0 Å². The fourth-order valence-electron chi connectivity index (χ4n) is 3.30. The Labute approximate surface area is 119 Å². The highest BCUT2D eigenvalue weighted by atomic mass is 79.9. The first-order chi connectivity index (χ1) is 8.72. The van der Waals surface area contributed by atoms with Crippen LogP contribution in [0.5, 0.6) is 0 Å². The topological polar surface area (TPSA) is 12.0 Å². The number of rotatable bonds is 4. The van der Waals surface area contributed by atoms with Gasteiger partial charge in [0.25, 0.3) is 0 Å². The molecule has 18 heavy (non-hydrogen) atoms. The van der Waals surface area contributed by atoms with Crippen molar-refractivity contribution in [3.05, 3.63) is 34.3 Å². The second-order valence-electron chi connectivity index (χ2n) is 5.58. The van der Waals surface area contributed by atoms with E-state index in [0.717, 1.165) is 18.4 Å². The molecule has 0 aliphatic carbocycles. The van der Waals surface area contributed by atoms with Crippen molar-refractivity contribution < 1.29 is 0 Å². The van der Waals surface area contributed by atoms with Gasteiger partial charge in [-0.1, -0.05) is 54.8 Å². The van der Waals surface area contributed by atoms with E-state index in [-0.39, 0.29) is 0 Å². The first-order valence-electron chi connectivity index (χ1n) is 7.18. The number of hydrogen-bond donors (Lipinski definition) is 1. The molecule has 1 nitrogen and oxygen atoms in total. The van der Waals surface area contributed by atoms with Crippen LogP contribution in [-0.2, 0) is 0 Å². The quantitative estimate of drug-likeness (QED) is 0.858. The number of halogens is 1. The molecule has 2 rings (SSSR count). The van der Waals surface area contributed by atoms with E-state index in [4.69, 9.17) is 0 Å². The van der Waals surface area contributed by atoms with E-state index >= 15 is 0 Å². The van der Waals surface area contributed by atoms with Gasteiger partial charge in [-0.25, -0.2) is 0 Å². The Kier molecular flexibility index (Phi) is 5.25. The predicted molar refractivity (Wildman–Crippen MR) is 81.9 cm³/mol. The second kappa shape index (κ2) is 6.72. The van der Waals surface area contributed by atoms with Crippen LogP contribution in [0.2, 0.25) is 0 Å². The molecule has 1 heterocycles. The van der Waals surface area contributed by atoms with Crippen LogP contribution in [0.4, 0.5) is 0 Å². The molecular formula is C16H24BrN. The van der Waals surface area contributed by atoms with Crippen molar-refractivity contribution in [2.45, 2.75) is 39.0 Å². The van der Waals surface area contributed by atoms with Crippen LogP contribution in [0, 0.1) is 11.8 Å². The van der Waals surface area contributed by atoms with Gasteiger partial charge in [0, 0.05) is 11.0 Å². The third-order valence-electron chi connectivity index (χ3n) is 4.31. The summed E-state index contributed by atoms with van der Waals surface area (Å²) in [6.07, 6.45) is 3.98. The fraction of sp³-hybridized carbons (Fsp3) is 0.625. The van der Waals surface area contributed by atoms with E-state index in [0.29, 0.717) is 5.92 Å². The Morgan fingerprint density at radius 1 is 1.33 bits per heavy atom. The van der Waals surface area contributed by atoms with E-state index in [1.165, 1.54) is 35.8 Å². The number of hydrogen-bond acceptors (Lipinski definition) is 1. The van der Waals surface area contributed by atoms with Gasteiger partial charge in [0.15, 0.2) is 0 Å². The molecular weight excluding hydrogens is 286 g/mol. The van der Waals surface area contributed by atoms with Gasteiger partial charge in [-0.3, -0.25) is 0 Å². The summed E-state index contributed by atoms with van der Waals surface area (Å²) in [5.74, 6) is 2.37. The normalized spacial score (nSPS) is 25.9. The highest BCUT2D eigenvalue weighted by Crippen LogP contribution is 2.36. The van der Waals surface area contributed by atoms with E-state index < -0.39 is 0 Å². The van der Waals surface area contributed by atoms with Crippen molar-refractivity contribution in [2.24, 2.45) is 11.8 Å². The van der Waals surface area contributed by atoms with Crippen LogP contribution in [-0.4, -0.2) is 13.1 Å². The Balaban J connectivity index is 2.14. The maximum atomic E-state index is 3.56. The smallest absolute Gasteiger partial charge is 0.0175 e. The largest absolute Gasteiger partial charge is 0.316 e. The van der Waals surface area contributed by atoms with Crippen LogP contribution in [0.3, 0.4) is 0 Å². The van der Waals surface area contributed by atoms with E-state index in [1.54, 1.807) is 0 Å². The molecule has 1 saturated heterocycles. The maximum absolute atomic E-state index is 3.56. The van der Waals surface area contributed by atoms with Crippen molar-refractivity contribution in [2.75, 3.05) is 13.1 Å². The van der Waals surface area contributed by atoms with Crippen molar-refractivity contribution in [1.29, 1.82) is 0 Å². The summed E-state index contributed by atoms with van der Waals surface area (Å²) in [6.45, 7) is 7.06. The standard InChI is InChI=1S/C16H24BrN/c1-3-4-12(2)15-9-10-18-11-16(15)13-5-7-14(17)8-6-13/h5-8,12,15-16,18H,3-4,9-11H2,1-2H3. The Hall–Kier alpha value is -0.340. The zero-order valence-corrected chi connectivity index (χ0v) is 13.0. The monoisotopic (exact) mass is 309 g/mol. The van der Waals surface area contributed by atoms with Crippen molar-refractivity contribution >= 4 is 15.9 Å². The Morgan fingerprint density at radius 3 is 2.72 bits per heavy atom. The first kappa shape index (κ1) is 14.1. The van der Waals surface area contributed by atoms with Crippen LogP contribution < -0.4 is 5.32 Å². The summed E-state index contributed by atoms with van der Waals surface area (Å²) in [6, 6.07) is 8.91. The van der Waals surface area contributed by atoms with Crippen LogP contribution in [0.15, 0.2) is 28.7 Å². The minimum atomic E-state index is 0.688. The average Bonchev–Trinajstić information content (AvgIpc) is 2.40. The molecule has 0 amide bonds. The molecule has 1 aromatic carbocycles. The molecule has 1 N–H and O–H groups in total. The first-order valence-corrected chi connectivity index (χ1v) is 7.97. The molecule has 1 aliphatic heterocycles. The lowest BCUT2D eigenvalue weighted by molar-refractivity contribution is 0.227. The van der Waals surface area contributed by atoms with E-state index in [1.807, 2.05) is 0 Å². The summed E-state index contributed by atoms with van der Waals surface area (Å²) in [5, 5.41) is 3.56. The van der Waals surface area contributed by atoms with E-state index in [2.05, 4.69) is 59.4 Å². The molecule has 0 saturated carbocycles. The lowest BCUT2D eigenvalue weighted by Gasteiger charge is -2.36. The Bertz CT molecular complexity index is 360. The van der Waals surface area contributed by atoms with E-state index in [9.17, 15) is 0 Å². The fourth-order valence-corrected chi connectivity index (χ4v) is 3.57. The molecule has 100 valence electrons. The predicted octanol–water partition coefficient (Wildman–Crippen LogP) is 4.58. The summed E-state index contributed by atoms with van der Waals surface area (Å²) in [4.78, 5) is 0. The SMILES string of the molecule is CCCC(C)C1CCNCC1c1ccc(Br)cc1. The summed E-state index contributed by atoms with van der Waals surface area (Å²) < 4.78 is 1.17. The third kappa shape index (κ3) is 3.36. The van der Waals surface area contributed by atoms with Gasteiger partial charge in [0.1, 0.15) is 0 Å². The minimum absolute atomic E-state index is 0.688. The number of nitrogens with one attached hydrogen (secondary N) is 1. The van der Waals surface area contributed by atoms with Gasteiger partial charge in [-0.05, 0) is 48.4 Å². The van der Waals surface area contributed by atoms with Gasteiger partial charge < -0.3 is 5.32 Å². The highest BCUT2D eigenvalue weighted by Gasteiger charge is 2.29. The molecule has 1 fully saturated rings. The molecule has 3 atom stereocenters. The van der Waals surface area contributed by atoms with Gasteiger partial charge in [-0.2, -0.15) is 0 Å². The summed E-state index contributed by atoms with van der Waals surface area (Å²) in [7, 11) is 0. The average molecular weight is 310 g/mol. The molecule has 2 heteroatoms. The molecule has 0 radical (unpaired) electrons. The molecule has 0 bridgehead atoms.